The first-order valence-corrected chi connectivity index (χ1v) is 10.6. The Kier molecular flexibility index (Phi) is 5.93. The van der Waals surface area contributed by atoms with Gasteiger partial charge in [0.1, 0.15) is 0 Å². The Hall–Kier alpha value is -1.93. The van der Waals surface area contributed by atoms with Gasteiger partial charge >= 0.3 is 0 Å². The topological polar surface area (TPSA) is 86.8 Å². The minimum absolute atomic E-state index is 0.0668. The molecule has 2 saturated heterocycles. The number of piperidine rings is 2. The quantitative estimate of drug-likeness (QED) is 0.840. The molecular formula is C18H25N3O4S. The Morgan fingerprint density at radius 3 is 2.27 bits per heavy atom. The van der Waals surface area contributed by atoms with Crippen molar-refractivity contribution >= 4 is 27.5 Å². The van der Waals surface area contributed by atoms with Gasteiger partial charge in [-0.1, -0.05) is 0 Å². The summed E-state index contributed by atoms with van der Waals surface area (Å²) >= 11 is 0. The minimum Gasteiger partial charge on any atom is -0.342 e. The maximum atomic E-state index is 12.4. The summed E-state index contributed by atoms with van der Waals surface area (Å²) in [4.78, 5) is 27.6. The fourth-order valence-electron chi connectivity index (χ4n) is 3.38. The molecule has 0 atom stereocenters. The third-order valence-electron chi connectivity index (χ3n) is 4.90. The van der Waals surface area contributed by atoms with Crippen molar-refractivity contribution in [1.82, 2.24) is 9.62 Å². The van der Waals surface area contributed by atoms with Crippen LogP contribution in [-0.2, 0) is 19.6 Å². The van der Waals surface area contributed by atoms with Gasteiger partial charge in [-0.05, 0) is 56.4 Å². The van der Waals surface area contributed by atoms with Gasteiger partial charge in [-0.2, -0.15) is 0 Å². The highest BCUT2D eigenvalue weighted by Crippen LogP contribution is 2.22. The Labute approximate surface area is 154 Å². The molecule has 3 rings (SSSR count). The van der Waals surface area contributed by atoms with E-state index < -0.39 is 10.0 Å². The summed E-state index contributed by atoms with van der Waals surface area (Å²) in [5.41, 5.74) is 0.707. The molecule has 7 nitrogen and oxygen atoms in total. The predicted molar refractivity (Wildman–Crippen MR) is 98.3 cm³/mol. The van der Waals surface area contributed by atoms with E-state index >= 15 is 0 Å². The summed E-state index contributed by atoms with van der Waals surface area (Å²) in [6, 6.07) is 6.24. The number of rotatable bonds is 5. The molecule has 0 unspecified atom stereocenters. The van der Waals surface area contributed by atoms with Crippen molar-refractivity contribution < 1.29 is 18.0 Å². The van der Waals surface area contributed by atoms with Crippen LogP contribution in [0.25, 0.3) is 0 Å². The van der Waals surface area contributed by atoms with E-state index in [4.69, 9.17) is 0 Å². The van der Waals surface area contributed by atoms with Gasteiger partial charge < -0.3 is 9.80 Å². The van der Waals surface area contributed by atoms with E-state index in [1.807, 2.05) is 0 Å². The van der Waals surface area contributed by atoms with E-state index in [2.05, 4.69) is 4.72 Å². The number of nitrogens with zero attached hydrogens (tertiary/aromatic N) is 2. The molecule has 1 aromatic rings. The van der Waals surface area contributed by atoms with Crippen LogP contribution in [0.15, 0.2) is 29.2 Å². The second-order valence-corrected chi connectivity index (χ2v) is 8.53. The fourth-order valence-corrected chi connectivity index (χ4v) is 4.35. The second-order valence-electron chi connectivity index (χ2n) is 6.76. The van der Waals surface area contributed by atoms with Crippen LogP contribution in [0, 0.1) is 0 Å². The van der Waals surface area contributed by atoms with Crippen molar-refractivity contribution in [3.63, 3.8) is 0 Å². The molecule has 0 bridgehead atoms. The van der Waals surface area contributed by atoms with Gasteiger partial charge in [-0.15, -0.1) is 0 Å². The van der Waals surface area contributed by atoms with Gasteiger partial charge in [-0.25, -0.2) is 13.1 Å². The highest BCUT2D eigenvalue weighted by atomic mass is 32.2. The lowest BCUT2D eigenvalue weighted by Crippen LogP contribution is -2.42. The maximum absolute atomic E-state index is 12.4. The van der Waals surface area contributed by atoms with Crippen molar-refractivity contribution in [2.24, 2.45) is 0 Å². The van der Waals surface area contributed by atoms with Crippen LogP contribution in [0.5, 0.6) is 0 Å². The Morgan fingerprint density at radius 1 is 0.962 bits per heavy atom. The predicted octanol–water partition coefficient (Wildman–Crippen LogP) is 1.49. The van der Waals surface area contributed by atoms with Gasteiger partial charge in [0, 0.05) is 31.7 Å². The van der Waals surface area contributed by atoms with Crippen LogP contribution < -0.4 is 9.62 Å². The molecule has 0 aliphatic carbocycles. The summed E-state index contributed by atoms with van der Waals surface area (Å²) in [7, 11) is -3.76. The average Bonchev–Trinajstić information content (AvgIpc) is 2.67. The Bertz CT molecular complexity index is 755. The zero-order valence-electron chi connectivity index (χ0n) is 14.8. The summed E-state index contributed by atoms with van der Waals surface area (Å²) in [6.45, 7) is 1.82. The van der Waals surface area contributed by atoms with E-state index in [0.29, 0.717) is 31.7 Å². The molecule has 0 spiro atoms. The summed E-state index contributed by atoms with van der Waals surface area (Å²) in [5, 5.41) is 0. The van der Waals surface area contributed by atoms with Crippen molar-refractivity contribution in [2.45, 2.75) is 43.4 Å². The van der Waals surface area contributed by atoms with Crippen LogP contribution in [0.2, 0.25) is 0 Å². The number of sulfonamides is 1. The van der Waals surface area contributed by atoms with Crippen molar-refractivity contribution in [2.75, 3.05) is 31.1 Å². The number of anilines is 1. The highest BCUT2D eigenvalue weighted by molar-refractivity contribution is 7.89. The molecule has 142 valence electrons. The van der Waals surface area contributed by atoms with E-state index in [0.717, 1.165) is 32.1 Å². The first-order chi connectivity index (χ1) is 12.5. The van der Waals surface area contributed by atoms with Gasteiger partial charge in [-0.3, -0.25) is 9.59 Å². The van der Waals surface area contributed by atoms with Gasteiger partial charge in [0.2, 0.25) is 21.8 Å². The molecule has 1 N–H and O–H groups in total. The third-order valence-corrected chi connectivity index (χ3v) is 6.32. The average molecular weight is 379 g/mol. The molecule has 0 saturated carbocycles. The first kappa shape index (κ1) is 18.8. The monoisotopic (exact) mass is 379 g/mol. The molecule has 2 fully saturated rings. The van der Waals surface area contributed by atoms with Crippen molar-refractivity contribution in [3.05, 3.63) is 24.3 Å². The molecular weight excluding hydrogens is 354 g/mol. The van der Waals surface area contributed by atoms with E-state index in [1.165, 1.54) is 12.1 Å². The van der Waals surface area contributed by atoms with E-state index in [9.17, 15) is 18.0 Å². The number of amides is 2. The number of benzene rings is 1. The lowest BCUT2D eigenvalue weighted by atomic mass is 10.1. The maximum Gasteiger partial charge on any atom is 0.241 e. The summed E-state index contributed by atoms with van der Waals surface area (Å²) in [5.74, 6) is -0.124. The molecule has 1 aromatic carbocycles. The Balaban J connectivity index is 1.61. The van der Waals surface area contributed by atoms with Crippen molar-refractivity contribution in [1.29, 1.82) is 0 Å². The third kappa shape index (κ3) is 4.42. The van der Waals surface area contributed by atoms with Crippen LogP contribution >= 0.6 is 0 Å². The largest absolute Gasteiger partial charge is 0.342 e. The minimum atomic E-state index is -3.76. The van der Waals surface area contributed by atoms with E-state index in [-0.39, 0.29) is 23.3 Å². The van der Waals surface area contributed by atoms with Crippen LogP contribution in [0.4, 0.5) is 5.69 Å². The summed E-state index contributed by atoms with van der Waals surface area (Å²) < 4.78 is 27.2. The normalized spacial score (nSPS) is 18.8. The summed E-state index contributed by atoms with van der Waals surface area (Å²) in [6.07, 6.45) is 5.43. The zero-order chi connectivity index (χ0) is 18.6. The molecule has 0 radical (unpaired) electrons. The van der Waals surface area contributed by atoms with Crippen LogP contribution in [0.3, 0.4) is 0 Å². The first-order valence-electron chi connectivity index (χ1n) is 9.15. The smallest absolute Gasteiger partial charge is 0.241 e. The molecule has 2 heterocycles. The Morgan fingerprint density at radius 2 is 1.62 bits per heavy atom. The lowest BCUT2D eigenvalue weighted by Gasteiger charge is -2.27. The van der Waals surface area contributed by atoms with Crippen LogP contribution in [0.1, 0.15) is 38.5 Å². The molecule has 8 heteroatoms. The molecule has 0 aromatic heterocycles. The number of carbonyl (C=O) groups is 2. The number of nitrogens with one attached hydrogen (secondary N) is 1. The van der Waals surface area contributed by atoms with Crippen LogP contribution in [-0.4, -0.2) is 51.3 Å². The number of likely N-dealkylation sites (tertiary alicyclic amines) is 1. The van der Waals surface area contributed by atoms with Gasteiger partial charge in [0.05, 0.1) is 11.4 Å². The highest BCUT2D eigenvalue weighted by Gasteiger charge is 2.22. The zero-order valence-corrected chi connectivity index (χ0v) is 15.6. The second kappa shape index (κ2) is 8.18. The SMILES string of the molecule is O=C(CNS(=O)(=O)c1ccc(N2CCCCC2=O)cc1)N1CCCCC1. The van der Waals surface area contributed by atoms with Crippen molar-refractivity contribution in [3.8, 4) is 0 Å². The molecule has 2 aliphatic rings. The van der Waals surface area contributed by atoms with Gasteiger partial charge in [0.15, 0.2) is 0 Å². The molecule has 2 aliphatic heterocycles. The lowest BCUT2D eigenvalue weighted by molar-refractivity contribution is -0.130. The number of carbonyl (C=O) groups excluding carboxylic acids is 2. The molecule has 2 amide bonds. The fraction of sp³-hybridized carbons (Fsp3) is 0.556. The molecule has 26 heavy (non-hydrogen) atoms. The van der Waals surface area contributed by atoms with Gasteiger partial charge in [0.25, 0.3) is 0 Å². The number of hydrogen-bond donors (Lipinski definition) is 1. The number of hydrogen-bond acceptors (Lipinski definition) is 4. The van der Waals surface area contributed by atoms with E-state index in [1.54, 1.807) is 21.9 Å². The standard InChI is InChI=1S/C18H25N3O4S/c22-17-6-2-5-13-21(17)15-7-9-16(10-8-15)26(24,25)19-14-18(23)20-11-3-1-4-12-20/h7-10,19H,1-6,11-14H2.